The van der Waals surface area contributed by atoms with Crippen LogP contribution in [-0.4, -0.2) is 52.2 Å². The maximum Gasteiger partial charge on any atom is 0.274 e. The molecule has 120 valence electrons. The van der Waals surface area contributed by atoms with Crippen molar-refractivity contribution in [2.45, 2.75) is 13.8 Å². The second-order valence-corrected chi connectivity index (χ2v) is 6.06. The van der Waals surface area contributed by atoms with Crippen LogP contribution in [0.15, 0.2) is 24.4 Å². The summed E-state index contributed by atoms with van der Waals surface area (Å²) >= 11 is 5.70. The predicted molar refractivity (Wildman–Crippen MR) is 88.9 cm³/mol. The van der Waals surface area contributed by atoms with Gasteiger partial charge in [-0.1, -0.05) is 17.7 Å². The van der Waals surface area contributed by atoms with Crippen LogP contribution in [0.1, 0.15) is 21.6 Å². The van der Waals surface area contributed by atoms with Gasteiger partial charge in [-0.05, 0) is 37.1 Å². The molecule has 6 nitrogen and oxygen atoms in total. The van der Waals surface area contributed by atoms with E-state index in [2.05, 4.69) is 33.1 Å². The summed E-state index contributed by atoms with van der Waals surface area (Å²) in [6.45, 7) is 6.88. The lowest BCUT2D eigenvalue weighted by Crippen LogP contribution is -2.49. The normalized spacial score (nSPS) is 14.9. The first-order valence-corrected chi connectivity index (χ1v) is 7.89. The number of carbonyl (C=O) groups is 1. The van der Waals surface area contributed by atoms with Crippen LogP contribution in [0.25, 0.3) is 0 Å². The van der Waals surface area contributed by atoms with E-state index < -0.39 is 0 Å². The first-order chi connectivity index (χ1) is 11.0. The summed E-state index contributed by atoms with van der Waals surface area (Å²) < 4.78 is 0. The van der Waals surface area contributed by atoms with E-state index in [1.54, 1.807) is 17.0 Å². The molecule has 0 radical (unpaired) electrons. The van der Waals surface area contributed by atoms with Crippen molar-refractivity contribution in [3.8, 4) is 0 Å². The predicted octanol–water partition coefficient (Wildman–Crippen LogP) is 2.10. The van der Waals surface area contributed by atoms with Crippen LogP contribution in [0.4, 0.5) is 5.82 Å². The van der Waals surface area contributed by atoms with Gasteiger partial charge in [-0.25, -0.2) is 4.98 Å². The summed E-state index contributed by atoms with van der Waals surface area (Å²) in [4.78, 5) is 20.9. The molecule has 0 bridgehead atoms. The Bertz CT molecular complexity index is 711. The summed E-state index contributed by atoms with van der Waals surface area (Å²) in [5, 5.41) is 7.86. The van der Waals surface area contributed by atoms with Crippen molar-refractivity contribution in [1.82, 2.24) is 20.1 Å². The van der Waals surface area contributed by atoms with Crippen molar-refractivity contribution in [1.29, 1.82) is 0 Å². The van der Waals surface area contributed by atoms with E-state index in [9.17, 15) is 4.79 Å². The molecule has 0 aromatic carbocycles. The van der Waals surface area contributed by atoms with Gasteiger partial charge in [0, 0.05) is 32.4 Å². The number of nitrogens with zero attached hydrogens (tertiary/aromatic N) is 5. The quantitative estimate of drug-likeness (QED) is 0.843. The van der Waals surface area contributed by atoms with Gasteiger partial charge in [0.1, 0.15) is 5.82 Å². The summed E-state index contributed by atoms with van der Waals surface area (Å²) in [6.07, 6.45) is 1.88. The molecule has 0 spiro atoms. The number of hydrogen-bond donors (Lipinski definition) is 0. The van der Waals surface area contributed by atoms with Crippen molar-refractivity contribution >= 4 is 23.3 Å². The Kier molecular flexibility index (Phi) is 4.43. The molecule has 1 aliphatic heterocycles. The second-order valence-electron chi connectivity index (χ2n) is 5.67. The van der Waals surface area contributed by atoms with E-state index >= 15 is 0 Å². The number of pyridine rings is 1. The minimum absolute atomic E-state index is 0.109. The largest absolute Gasteiger partial charge is 0.353 e. The maximum atomic E-state index is 12.4. The molecule has 1 amide bonds. The van der Waals surface area contributed by atoms with E-state index in [0.29, 0.717) is 18.8 Å². The van der Waals surface area contributed by atoms with Gasteiger partial charge in [0.2, 0.25) is 0 Å². The Hall–Kier alpha value is -2.21. The Morgan fingerprint density at radius 3 is 2.48 bits per heavy atom. The molecule has 1 saturated heterocycles. The Morgan fingerprint density at radius 1 is 1.13 bits per heavy atom. The van der Waals surface area contributed by atoms with Crippen LogP contribution in [0.5, 0.6) is 0 Å². The lowest BCUT2D eigenvalue weighted by Gasteiger charge is -2.35. The fraction of sp³-hybridized carbons (Fsp3) is 0.375. The van der Waals surface area contributed by atoms with Crippen LogP contribution in [0.3, 0.4) is 0 Å². The van der Waals surface area contributed by atoms with E-state index in [-0.39, 0.29) is 11.1 Å². The molecule has 0 N–H and O–H groups in total. The highest BCUT2D eigenvalue weighted by Gasteiger charge is 2.24. The number of aryl methyl sites for hydroxylation is 2. The molecular formula is C16H18ClN5O. The summed E-state index contributed by atoms with van der Waals surface area (Å²) in [5.74, 6) is 0.886. The van der Waals surface area contributed by atoms with Crippen molar-refractivity contribution in [2.75, 3.05) is 31.1 Å². The molecule has 23 heavy (non-hydrogen) atoms. The van der Waals surface area contributed by atoms with E-state index in [4.69, 9.17) is 11.6 Å². The number of amides is 1. The van der Waals surface area contributed by atoms with Gasteiger partial charge in [0.15, 0.2) is 10.8 Å². The number of carbonyl (C=O) groups excluding carboxylic acids is 1. The molecule has 7 heteroatoms. The van der Waals surface area contributed by atoms with Gasteiger partial charge in [-0.3, -0.25) is 4.79 Å². The first-order valence-electron chi connectivity index (χ1n) is 7.51. The second kappa shape index (κ2) is 6.50. The molecule has 2 aromatic rings. The third kappa shape index (κ3) is 3.42. The number of anilines is 1. The summed E-state index contributed by atoms with van der Waals surface area (Å²) in [7, 11) is 0. The smallest absolute Gasteiger partial charge is 0.274 e. The SMILES string of the molecule is Cc1cnc(N2CCN(C(=O)c3ccc(Cl)nn3)CC2)c(C)c1. The highest BCUT2D eigenvalue weighted by atomic mass is 35.5. The monoisotopic (exact) mass is 331 g/mol. The van der Waals surface area contributed by atoms with E-state index in [1.807, 2.05) is 13.1 Å². The number of halogens is 1. The number of piperazine rings is 1. The van der Waals surface area contributed by atoms with Gasteiger partial charge < -0.3 is 9.80 Å². The average molecular weight is 332 g/mol. The fourth-order valence-corrected chi connectivity index (χ4v) is 2.85. The van der Waals surface area contributed by atoms with Crippen LogP contribution < -0.4 is 4.90 Å². The summed E-state index contributed by atoms with van der Waals surface area (Å²) in [6, 6.07) is 5.32. The van der Waals surface area contributed by atoms with Gasteiger partial charge in [0.05, 0.1) is 0 Å². The zero-order valence-corrected chi connectivity index (χ0v) is 13.9. The number of rotatable bonds is 2. The van der Waals surface area contributed by atoms with Crippen molar-refractivity contribution in [3.63, 3.8) is 0 Å². The zero-order chi connectivity index (χ0) is 16.4. The maximum absolute atomic E-state index is 12.4. The van der Waals surface area contributed by atoms with Crippen molar-refractivity contribution < 1.29 is 4.79 Å². The topological polar surface area (TPSA) is 62.2 Å². The highest BCUT2D eigenvalue weighted by molar-refractivity contribution is 6.29. The first kappa shape index (κ1) is 15.7. The zero-order valence-electron chi connectivity index (χ0n) is 13.2. The standard InChI is InChI=1S/C16H18ClN5O/c1-11-9-12(2)15(18-10-11)21-5-7-22(8-6-21)16(23)13-3-4-14(17)20-19-13/h3-4,9-10H,5-8H2,1-2H3. The molecule has 3 heterocycles. The molecule has 0 saturated carbocycles. The van der Waals surface area contributed by atoms with Crippen molar-refractivity contribution in [2.24, 2.45) is 0 Å². The molecule has 0 atom stereocenters. The van der Waals surface area contributed by atoms with Crippen LogP contribution >= 0.6 is 11.6 Å². The lowest BCUT2D eigenvalue weighted by molar-refractivity contribution is 0.0739. The third-order valence-electron chi connectivity index (χ3n) is 3.90. The van der Waals surface area contributed by atoms with Gasteiger partial charge in [-0.2, -0.15) is 0 Å². The van der Waals surface area contributed by atoms with Crippen LogP contribution in [0, 0.1) is 13.8 Å². The number of aromatic nitrogens is 3. The Balaban J connectivity index is 1.66. The highest BCUT2D eigenvalue weighted by Crippen LogP contribution is 2.19. The lowest BCUT2D eigenvalue weighted by atomic mass is 10.2. The molecule has 2 aromatic heterocycles. The molecule has 3 rings (SSSR count). The van der Waals surface area contributed by atoms with Gasteiger partial charge in [0.25, 0.3) is 5.91 Å². The molecule has 1 aliphatic rings. The molecule has 0 aliphatic carbocycles. The molecular weight excluding hydrogens is 314 g/mol. The van der Waals surface area contributed by atoms with E-state index in [1.165, 1.54) is 0 Å². The fourth-order valence-electron chi connectivity index (χ4n) is 2.75. The molecule has 0 unspecified atom stereocenters. The van der Waals surface area contributed by atoms with Crippen LogP contribution in [-0.2, 0) is 0 Å². The van der Waals surface area contributed by atoms with Crippen molar-refractivity contribution in [3.05, 3.63) is 46.4 Å². The Morgan fingerprint density at radius 2 is 1.87 bits per heavy atom. The minimum atomic E-state index is -0.109. The number of hydrogen-bond acceptors (Lipinski definition) is 5. The third-order valence-corrected chi connectivity index (χ3v) is 4.11. The minimum Gasteiger partial charge on any atom is -0.353 e. The van der Waals surface area contributed by atoms with Gasteiger partial charge in [-0.15, -0.1) is 10.2 Å². The summed E-state index contributed by atoms with van der Waals surface area (Å²) in [5.41, 5.74) is 2.64. The molecule has 1 fully saturated rings. The van der Waals surface area contributed by atoms with Crippen LogP contribution in [0.2, 0.25) is 5.15 Å². The Labute approximate surface area is 140 Å². The van der Waals surface area contributed by atoms with E-state index in [0.717, 1.165) is 30.0 Å². The van der Waals surface area contributed by atoms with Gasteiger partial charge >= 0.3 is 0 Å². The average Bonchev–Trinajstić information content (AvgIpc) is 2.55.